The summed E-state index contributed by atoms with van der Waals surface area (Å²) >= 11 is 0. The number of hydrogen-bond donors (Lipinski definition) is 1. The van der Waals surface area contributed by atoms with Gasteiger partial charge in [0.15, 0.2) is 11.5 Å². The van der Waals surface area contributed by atoms with Crippen molar-refractivity contribution in [3.8, 4) is 11.5 Å². The van der Waals surface area contributed by atoms with Crippen LogP contribution in [0.3, 0.4) is 0 Å². The predicted molar refractivity (Wildman–Crippen MR) is 121 cm³/mol. The third kappa shape index (κ3) is 6.28. The van der Waals surface area contributed by atoms with Crippen LogP contribution in [0, 0.1) is 5.82 Å². The molecule has 0 aliphatic rings. The van der Waals surface area contributed by atoms with Crippen LogP contribution in [0.15, 0.2) is 67.0 Å². The molecule has 0 saturated heterocycles. The lowest BCUT2D eigenvalue weighted by atomic mass is 10.1. The van der Waals surface area contributed by atoms with E-state index in [1.54, 1.807) is 36.7 Å². The van der Waals surface area contributed by atoms with E-state index in [0.29, 0.717) is 36.8 Å². The highest BCUT2D eigenvalue weighted by atomic mass is 19.1. The smallest absolute Gasteiger partial charge is 0.251 e. The van der Waals surface area contributed by atoms with Gasteiger partial charge in [-0.05, 0) is 63.0 Å². The quantitative estimate of drug-likeness (QED) is 0.514. The van der Waals surface area contributed by atoms with Gasteiger partial charge in [0.2, 0.25) is 0 Å². The van der Waals surface area contributed by atoms with Gasteiger partial charge in [-0.15, -0.1) is 0 Å². The molecular weight excluding hydrogens is 409 g/mol. The first kappa shape index (κ1) is 23.2. The number of nitrogens with one attached hydrogen (secondary N) is 1. The topological polar surface area (TPSA) is 63.7 Å². The fourth-order valence-corrected chi connectivity index (χ4v) is 3.29. The lowest BCUT2D eigenvalue weighted by molar-refractivity contribution is 0.0941. The van der Waals surface area contributed by atoms with Gasteiger partial charge in [0, 0.05) is 30.1 Å². The number of carbonyl (C=O) groups excluding carboxylic acids is 1. The van der Waals surface area contributed by atoms with Gasteiger partial charge in [-0.25, -0.2) is 4.39 Å². The Bertz CT molecular complexity index is 1030. The molecule has 3 aromatic rings. The average molecular weight is 438 g/mol. The Hall–Kier alpha value is -3.45. The van der Waals surface area contributed by atoms with Crippen molar-refractivity contribution in [3.63, 3.8) is 0 Å². The summed E-state index contributed by atoms with van der Waals surface area (Å²) in [7, 11) is 3.78. The van der Waals surface area contributed by atoms with Crippen molar-refractivity contribution in [2.24, 2.45) is 0 Å². The molecular formula is C25H28FN3O3. The second-order valence-electron chi connectivity index (χ2n) is 7.49. The number of aromatic nitrogens is 1. The Balaban J connectivity index is 1.69. The maximum Gasteiger partial charge on any atom is 0.251 e. The van der Waals surface area contributed by atoms with Crippen molar-refractivity contribution in [3.05, 3.63) is 89.5 Å². The lowest BCUT2D eigenvalue weighted by Crippen LogP contribution is -2.34. The second-order valence-corrected chi connectivity index (χ2v) is 7.49. The molecule has 168 valence electrons. The van der Waals surface area contributed by atoms with Crippen LogP contribution >= 0.6 is 0 Å². The minimum absolute atomic E-state index is 0.164. The molecule has 3 rings (SSSR count). The predicted octanol–water partition coefficient (Wildman–Crippen LogP) is 4.23. The van der Waals surface area contributed by atoms with E-state index in [1.165, 1.54) is 12.1 Å². The molecule has 2 aromatic carbocycles. The Kier molecular flexibility index (Phi) is 8.16. The molecule has 1 atom stereocenters. The number of likely N-dealkylation sites (N-methyl/N-ethyl adjacent to an activating group) is 1. The highest BCUT2D eigenvalue weighted by Crippen LogP contribution is 2.29. The SMILES string of the molecule is CCOc1cc(C(=O)NCC(c2cccc(F)c2)N(C)C)ccc1OCc1cccnc1. The Labute approximate surface area is 188 Å². The minimum atomic E-state index is -0.302. The number of ether oxygens (including phenoxy) is 2. The Morgan fingerprint density at radius 3 is 2.62 bits per heavy atom. The zero-order chi connectivity index (χ0) is 22.9. The third-order valence-corrected chi connectivity index (χ3v) is 4.94. The first-order chi connectivity index (χ1) is 15.5. The molecule has 0 saturated carbocycles. The van der Waals surface area contributed by atoms with Gasteiger partial charge >= 0.3 is 0 Å². The molecule has 6 nitrogen and oxygen atoms in total. The summed E-state index contributed by atoms with van der Waals surface area (Å²) in [5.41, 5.74) is 2.19. The zero-order valence-corrected chi connectivity index (χ0v) is 18.5. The van der Waals surface area contributed by atoms with Crippen LogP contribution in [0.25, 0.3) is 0 Å². The zero-order valence-electron chi connectivity index (χ0n) is 18.5. The number of nitrogens with zero attached hydrogens (tertiary/aromatic N) is 2. The van der Waals surface area contributed by atoms with Crippen molar-refractivity contribution in [1.82, 2.24) is 15.2 Å². The maximum atomic E-state index is 13.6. The molecule has 1 amide bonds. The van der Waals surface area contributed by atoms with E-state index < -0.39 is 0 Å². The fourth-order valence-electron chi connectivity index (χ4n) is 3.29. The molecule has 1 aromatic heterocycles. The van der Waals surface area contributed by atoms with Crippen molar-refractivity contribution in [2.45, 2.75) is 19.6 Å². The van der Waals surface area contributed by atoms with Crippen molar-refractivity contribution in [1.29, 1.82) is 0 Å². The summed E-state index contributed by atoms with van der Waals surface area (Å²) in [5.74, 6) is 0.508. The Morgan fingerprint density at radius 1 is 1.09 bits per heavy atom. The Morgan fingerprint density at radius 2 is 1.94 bits per heavy atom. The van der Waals surface area contributed by atoms with Crippen molar-refractivity contribution >= 4 is 5.91 Å². The second kappa shape index (κ2) is 11.2. The van der Waals surface area contributed by atoms with Crippen LogP contribution in [0.2, 0.25) is 0 Å². The number of rotatable bonds is 10. The highest BCUT2D eigenvalue weighted by Gasteiger charge is 2.18. The first-order valence-corrected chi connectivity index (χ1v) is 10.5. The molecule has 0 bridgehead atoms. The third-order valence-electron chi connectivity index (χ3n) is 4.94. The van der Waals surface area contributed by atoms with E-state index in [0.717, 1.165) is 11.1 Å². The van der Waals surface area contributed by atoms with Gasteiger partial charge < -0.3 is 19.7 Å². The molecule has 1 heterocycles. The molecule has 7 heteroatoms. The minimum Gasteiger partial charge on any atom is -0.490 e. The summed E-state index contributed by atoms with van der Waals surface area (Å²) in [6.07, 6.45) is 3.44. The van der Waals surface area contributed by atoms with Crippen LogP contribution < -0.4 is 14.8 Å². The summed E-state index contributed by atoms with van der Waals surface area (Å²) in [6, 6.07) is 15.1. The number of hydrogen-bond acceptors (Lipinski definition) is 5. The number of pyridine rings is 1. The highest BCUT2D eigenvalue weighted by molar-refractivity contribution is 5.94. The molecule has 0 fully saturated rings. The first-order valence-electron chi connectivity index (χ1n) is 10.5. The van der Waals surface area contributed by atoms with Gasteiger partial charge in [0.25, 0.3) is 5.91 Å². The number of benzene rings is 2. The molecule has 1 unspecified atom stereocenters. The van der Waals surface area contributed by atoms with Crippen LogP contribution in [0.5, 0.6) is 11.5 Å². The van der Waals surface area contributed by atoms with Gasteiger partial charge in [0.05, 0.1) is 12.6 Å². The van der Waals surface area contributed by atoms with Gasteiger partial charge in [-0.1, -0.05) is 18.2 Å². The van der Waals surface area contributed by atoms with Gasteiger partial charge in [-0.2, -0.15) is 0 Å². The van der Waals surface area contributed by atoms with Crippen molar-refractivity contribution < 1.29 is 18.7 Å². The van der Waals surface area contributed by atoms with Crippen LogP contribution in [0.4, 0.5) is 4.39 Å². The summed E-state index contributed by atoms with van der Waals surface area (Å²) in [4.78, 5) is 18.8. The van der Waals surface area contributed by atoms with Crippen molar-refractivity contribution in [2.75, 3.05) is 27.2 Å². The van der Waals surface area contributed by atoms with E-state index in [1.807, 2.05) is 44.1 Å². The number of carbonyl (C=O) groups is 1. The molecule has 1 N–H and O–H groups in total. The monoisotopic (exact) mass is 437 g/mol. The maximum absolute atomic E-state index is 13.6. The summed E-state index contributed by atoms with van der Waals surface area (Å²) < 4.78 is 25.2. The molecule has 0 aliphatic carbocycles. The average Bonchev–Trinajstić information content (AvgIpc) is 2.79. The van der Waals surface area contributed by atoms with Crippen LogP contribution in [-0.4, -0.2) is 43.0 Å². The summed E-state index contributed by atoms with van der Waals surface area (Å²) in [6.45, 7) is 2.99. The number of halogens is 1. The lowest BCUT2D eigenvalue weighted by Gasteiger charge is -2.25. The molecule has 0 spiro atoms. The standard InChI is InChI=1S/C25H28FN3O3/c1-4-31-24-14-20(10-11-23(24)32-17-18-7-6-12-27-15-18)25(30)28-16-22(29(2)3)19-8-5-9-21(26)13-19/h5-15,22H,4,16-17H2,1-3H3,(H,28,30). The van der Waals surface area contributed by atoms with Gasteiger partial charge in [-0.3, -0.25) is 9.78 Å². The van der Waals surface area contributed by atoms with E-state index in [9.17, 15) is 9.18 Å². The van der Waals surface area contributed by atoms with Crippen LogP contribution in [-0.2, 0) is 6.61 Å². The molecule has 0 aliphatic heterocycles. The molecule has 0 radical (unpaired) electrons. The van der Waals surface area contributed by atoms with Gasteiger partial charge in [0.1, 0.15) is 12.4 Å². The van der Waals surface area contributed by atoms with E-state index >= 15 is 0 Å². The normalized spacial score (nSPS) is 11.8. The van der Waals surface area contributed by atoms with E-state index in [-0.39, 0.29) is 17.8 Å². The fraction of sp³-hybridized carbons (Fsp3) is 0.280. The van der Waals surface area contributed by atoms with E-state index in [4.69, 9.17) is 9.47 Å². The number of amides is 1. The van der Waals surface area contributed by atoms with Crippen LogP contribution in [0.1, 0.15) is 34.5 Å². The summed E-state index contributed by atoms with van der Waals surface area (Å²) in [5, 5.41) is 2.94. The van der Waals surface area contributed by atoms with E-state index in [2.05, 4.69) is 10.3 Å². The molecule has 32 heavy (non-hydrogen) atoms. The largest absolute Gasteiger partial charge is 0.490 e.